The predicted octanol–water partition coefficient (Wildman–Crippen LogP) is 3.72. The zero-order valence-corrected chi connectivity index (χ0v) is 15.8. The first-order valence-electron chi connectivity index (χ1n) is 9.23. The molecule has 0 amide bonds. The molecule has 8 heteroatoms. The Morgan fingerprint density at radius 2 is 2.03 bits per heavy atom. The fourth-order valence-corrected chi connectivity index (χ4v) is 3.54. The first kappa shape index (κ1) is 19.3. The number of rotatable bonds is 3. The molecule has 29 heavy (non-hydrogen) atoms. The van der Waals surface area contributed by atoms with Crippen LogP contribution in [0.3, 0.4) is 0 Å². The van der Waals surface area contributed by atoms with E-state index >= 15 is 0 Å². The molecular formula is C21H19F3N4O. The van der Waals surface area contributed by atoms with Crippen LogP contribution in [0.25, 0.3) is 11.3 Å². The van der Waals surface area contributed by atoms with E-state index in [2.05, 4.69) is 19.9 Å². The number of aryl methyl sites for hydroxylation is 1. The Labute approximate surface area is 165 Å². The van der Waals surface area contributed by atoms with Gasteiger partial charge in [0.1, 0.15) is 5.82 Å². The number of pyridine rings is 1. The molecule has 0 spiro atoms. The summed E-state index contributed by atoms with van der Waals surface area (Å²) in [5.74, 6) is 0.622. The van der Waals surface area contributed by atoms with Crippen molar-refractivity contribution in [3.63, 3.8) is 0 Å². The summed E-state index contributed by atoms with van der Waals surface area (Å²) < 4.78 is 38.7. The van der Waals surface area contributed by atoms with E-state index in [9.17, 15) is 18.0 Å². The maximum atomic E-state index is 12.9. The highest BCUT2D eigenvalue weighted by Crippen LogP contribution is 2.31. The van der Waals surface area contributed by atoms with Crippen LogP contribution in [0, 0.1) is 6.92 Å². The summed E-state index contributed by atoms with van der Waals surface area (Å²) in [5.41, 5.74) is 2.58. The van der Waals surface area contributed by atoms with Gasteiger partial charge in [0.25, 0.3) is 5.56 Å². The molecule has 0 radical (unpaired) electrons. The average molecular weight is 400 g/mol. The molecule has 4 rings (SSSR count). The highest BCUT2D eigenvalue weighted by Gasteiger charge is 2.30. The van der Waals surface area contributed by atoms with Crippen LogP contribution in [0.15, 0.2) is 47.4 Å². The van der Waals surface area contributed by atoms with Gasteiger partial charge in [-0.1, -0.05) is 18.2 Å². The second-order valence-electron chi connectivity index (χ2n) is 7.17. The minimum absolute atomic E-state index is 0.102. The number of benzene rings is 1. The summed E-state index contributed by atoms with van der Waals surface area (Å²) in [6, 6.07) is 8.72. The van der Waals surface area contributed by atoms with Crippen LogP contribution >= 0.6 is 0 Å². The molecule has 5 nitrogen and oxygen atoms in total. The molecule has 0 saturated heterocycles. The number of halogens is 3. The van der Waals surface area contributed by atoms with E-state index in [1.54, 1.807) is 25.3 Å². The van der Waals surface area contributed by atoms with Crippen LogP contribution in [0.2, 0.25) is 0 Å². The highest BCUT2D eigenvalue weighted by molar-refractivity contribution is 5.60. The number of H-pyrrole nitrogens is 1. The summed E-state index contributed by atoms with van der Waals surface area (Å²) >= 11 is 0. The lowest BCUT2D eigenvalue weighted by Crippen LogP contribution is -2.35. The summed E-state index contributed by atoms with van der Waals surface area (Å²) in [4.78, 5) is 25.8. The Kier molecular flexibility index (Phi) is 4.96. The van der Waals surface area contributed by atoms with E-state index in [1.807, 2.05) is 6.07 Å². The molecule has 0 fully saturated rings. The topological polar surface area (TPSA) is 61.9 Å². The number of nitrogens with one attached hydrogen (secondary N) is 1. The van der Waals surface area contributed by atoms with Crippen molar-refractivity contribution >= 4 is 0 Å². The SMILES string of the molecule is Cc1nc2c(c(=O)[nH]1)CN(Cc1ccc(-c3cccc(C(F)(F)F)c3)nc1)CC2. The van der Waals surface area contributed by atoms with Crippen LogP contribution < -0.4 is 5.56 Å². The van der Waals surface area contributed by atoms with E-state index in [1.165, 1.54) is 6.07 Å². The van der Waals surface area contributed by atoms with Crippen molar-refractivity contribution in [2.75, 3.05) is 6.54 Å². The lowest BCUT2D eigenvalue weighted by molar-refractivity contribution is -0.137. The minimum atomic E-state index is -4.38. The Bertz CT molecular complexity index is 1090. The van der Waals surface area contributed by atoms with Crippen LogP contribution in [-0.2, 0) is 25.7 Å². The van der Waals surface area contributed by atoms with E-state index in [0.29, 0.717) is 42.2 Å². The Morgan fingerprint density at radius 3 is 2.76 bits per heavy atom. The molecule has 150 valence electrons. The molecule has 1 N–H and O–H groups in total. The van der Waals surface area contributed by atoms with Crippen molar-refractivity contribution in [3.05, 3.63) is 81.2 Å². The van der Waals surface area contributed by atoms with Crippen molar-refractivity contribution < 1.29 is 13.2 Å². The molecule has 0 bridgehead atoms. The largest absolute Gasteiger partial charge is 0.416 e. The van der Waals surface area contributed by atoms with Crippen molar-refractivity contribution in [3.8, 4) is 11.3 Å². The van der Waals surface area contributed by atoms with Gasteiger partial charge in [0, 0.05) is 37.8 Å². The molecule has 1 aliphatic rings. The fourth-order valence-electron chi connectivity index (χ4n) is 3.54. The first-order valence-corrected chi connectivity index (χ1v) is 9.23. The molecule has 2 aromatic heterocycles. The fraction of sp³-hybridized carbons (Fsp3) is 0.286. The molecule has 3 aromatic rings. The molecule has 0 unspecified atom stereocenters. The summed E-state index contributed by atoms with van der Waals surface area (Å²) in [6.45, 7) is 3.65. The number of aromatic amines is 1. The molecule has 3 heterocycles. The normalized spacial score (nSPS) is 14.6. The third kappa shape index (κ3) is 4.22. The van der Waals surface area contributed by atoms with Gasteiger partial charge in [-0.2, -0.15) is 13.2 Å². The lowest BCUT2D eigenvalue weighted by Gasteiger charge is -2.27. The summed E-state index contributed by atoms with van der Waals surface area (Å²) in [5, 5.41) is 0. The Morgan fingerprint density at radius 1 is 1.21 bits per heavy atom. The van der Waals surface area contributed by atoms with Gasteiger partial charge >= 0.3 is 6.18 Å². The van der Waals surface area contributed by atoms with Gasteiger partial charge in [0.2, 0.25) is 0 Å². The highest BCUT2D eigenvalue weighted by atomic mass is 19.4. The van der Waals surface area contributed by atoms with Crippen LogP contribution in [0.4, 0.5) is 13.2 Å². The number of nitrogens with zero attached hydrogens (tertiary/aromatic N) is 3. The number of hydrogen-bond donors (Lipinski definition) is 1. The summed E-state index contributed by atoms with van der Waals surface area (Å²) in [7, 11) is 0. The van der Waals surface area contributed by atoms with E-state index < -0.39 is 11.7 Å². The van der Waals surface area contributed by atoms with Crippen molar-refractivity contribution in [1.29, 1.82) is 0 Å². The van der Waals surface area contributed by atoms with Gasteiger partial charge in [0.15, 0.2) is 0 Å². The number of aromatic nitrogens is 3. The van der Waals surface area contributed by atoms with Gasteiger partial charge in [-0.25, -0.2) is 4.98 Å². The van der Waals surface area contributed by atoms with Gasteiger partial charge < -0.3 is 4.98 Å². The second-order valence-corrected chi connectivity index (χ2v) is 7.17. The molecule has 0 aliphatic carbocycles. The zero-order chi connectivity index (χ0) is 20.6. The molecule has 0 saturated carbocycles. The summed E-state index contributed by atoms with van der Waals surface area (Å²) in [6.07, 6.45) is -2.01. The molecular weight excluding hydrogens is 381 g/mol. The number of hydrogen-bond acceptors (Lipinski definition) is 4. The van der Waals surface area contributed by atoms with Gasteiger partial charge in [0.05, 0.1) is 22.5 Å². The zero-order valence-electron chi connectivity index (χ0n) is 15.8. The van der Waals surface area contributed by atoms with Crippen molar-refractivity contribution in [1.82, 2.24) is 19.9 Å². The number of fused-ring (bicyclic) bond motifs is 1. The van der Waals surface area contributed by atoms with Gasteiger partial charge in [-0.15, -0.1) is 0 Å². The van der Waals surface area contributed by atoms with Gasteiger partial charge in [-0.3, -0.25) is 14.7 Å². The van der Waals surface area contributed by atoms with Crippen LogP contribution in [0.5, 0.6) is 0 Å². The van der Waals surface area contributed by atoms with Gasteiger partial charge in [-0.05, 0) is 30.7 Å². The van der Waals surface area contributed by atoms with E-state index in [-0.39, 0.29) is 5.56 Å². The quantitative estimate of drug-likeness (QED) is 0.728. The van der Waals surface area contributed by atoms with E-state index in [4.69, 9.17) is 0 Å². The van der Waals surface area contributed by atoms with Crippen molar-refractivity contribution in [2.45, 2.75) is 32.6 Å². The monoisotopic (exact) mass is 400 g/mol. The number of alkyl halides is 3. The van der Waals surface area contributed by atoms with Crippen LogP contribution in [-0.4, -0.2) is 26.4 Å². The molecule has 1 aromatic carbocycles. The van der Waals surface area contributed by atoms with Crippen LogP contribution in [0.1, 0.15) is 28.2 Å². The third-order valence-corrected chi connectivity index (χ3v) is 4.98. The average Bonchev–Trinajstić information content (AvgIpc) is 2.68. The maximum absolute atomic E-state index is 12.9. The molecule has 0 atom stereocenters. The maximum Gasteiger partial charge on any atom is 0.416 e. The predicted molar refractivity (Wildman–Crippen MR) is 102 cm³/mol. The standard InChI is InChI=1S/C21H19F3N4O/c1-13-26-19-7-8-28(12-17(19)20(29)27-13)11-14-5-6-18(25-10-14)15-3-2-4-16(9-15)21(22,23)24/h2-6,9-10H,7-8,11-12H2,1H3,(H,26,27,29). The smallest absolute Gasteiger partial charge is 0.310 e. The lowest BCUT2D eigenvalue weighted by atomic mass is 10.1. The minimum Gasteiger partial charge on any atom is -0.310 e. The second kappa shape index (κ2) is 7.44. The third-order valence-electron chi connectivity index (χ3n) is 4.98. The van der Waals surface area contributed by atoms with E-state index in [0.717, 1.165) is 29.9 Å². The van der Waals surface area contributed by atoms with Crippen molar-refractivity contribution in [2.24, 2.45) is 0 Å². The molecule has 1 aliphatic heterocycles. The first-order chi connectivity index (χ1) is 13.8. The Balaban J connectivity index is 1.49. The Hall–Kier alpha value is -3.00.